The van der Waals surface area contributed by atoms with Gasteiger partial charge in [0.05, 0.1) is 31.1 Å². The molecule has 0 spiro atoms. The van der Waals surface area contributed by atoms with Crippen molar-refractivity contribution in [1.29, 1.82) is 0 Å². The molecule has 2 aromatic rings. The molecule has 0 unspecified atom stereocenters. The molecule has 4 rings (SSSR count). The Morgan fingerprint density at radius 3 is 2.74 bits per heavy atom. The fraction of sp³-hybridized carbons (Fsp3) is 0.500. The standard InChI is InChI=1S/C20H26N4O3/c1-23(17-7-8-18(19(17)25)24-9-11-27-12-10-24)20(26)16-13-15(21-22-16)14-5-3-2-4-6-14/h2-6,13,17-19,25H,7-12H2,1H3,(H,21,22)/t17-,18-,19-/m1/s1. The molecule has 1 amide bonds. The van der Waals surface area contributed by atoms with Crippen molar-refractivity contribution in [2.24, 2.45) is 0 Å². The van der Waals surface area contributed by atoms with Crippen LogP contribution >= 0.6 is 0 Å². The van der Waals surface area contributed by atoms with E-state index in [1.165, 1.54) is 0 Å². The highest BCUT2D eigenvalue weighted by Crippen LogP contribution is 2.29. The molecular formula is C20H26N4O3. The van der Waals surface area contributed by atoms with Crippen molar-refractivity contribution in [2.45, 2.75) is 31.0 Å². The molecular weight excluding hydrogens is 344 g/mol. The molecule has 1 aromatic heterocycles. The molecule has 1 saturated carbocycles. The quantitative estimate of drug-likeness (QED) is 0.850. The Balaban J connectivity index is 1.44. The number of amides is 1. The number of rotatable bonds is 4. The normalized spacial score (nSPS) is 26.2. The smallest absolute Gasteiger partial charge is 0.271 e. The number of aromatic nitrogens is 2. The van der Waals surface area contributed by atoms with E-state index in [4.69, 9.17) is 4.74 Å². The zero-order valence-electron chi connectivity index (χ0n) is 15.5. The number of nitrogens with zero attached hydrogens (tertiary/aromatic N) is 3. The van der Waals surface area contributed by atoms with Crippen molar-refractivity contribution in [2.75, 3.05) is 33.4 Å². The summed E-state index contributed by atoms with van der Waals surface area (Å²) in [6.45, 7) is 3.10. The van der Waals surface area contributed by atoms with Crippen LogP contribution in [0.5, 0.6) is 0 Å². The average Bonchev–Trinajstić information content (AvgIpc) is 3.35. The minimum absolute atomic E-state index is 0.0933. The van der Waals surface area contributed by atoms with Gasteiger partial charge in [-0.3, -0.25) is 14.8 Å². The van der Waals surface area contributed by atoms with Crippen molar-refractivity contribution in [3.8, 4) is 11.3 Å². The third-order valence-electron chi connectivity index (χ3n) is 5.76. The molecule has 7 heteroatoms. The summed E-state index contributed by atoms with van der Waals surface area (Å²) in [5, 5.41) is 18.0. The van der Waals surface area contributed by atoms with Gasteiger partial charge in [-0.2, -0.15) is 5.10 Å². The van der Waals surface area contributed by atoms with Crippen LogP contribution in [0.4, 0.5) is 0 Å². The summed E-state index contributed by atoms with van der Waals surface area (Å²) in [5.41, 5.74) is 2.15. The zero-order valence-corrected chi connectivity index (χ0v) is 15.5. The van der Waals surface area contributed by atoms with Gasteiger partial charge in [0.2, 0.25) is 0 Å². The Bertz CT molecular complexity index is 773. The fourth-order valence-electron chi connectivity index (χ4n) is 4.20. The van der Waals surface area contributed by atoms with Crippen LogP contribution in [0, 0.1) is 0 Å². The van der Waals surface area contributed by atoms with Gasteiger partial charge >= 0.3 is 0 Å². The predicted molar refractivity (Wildman–Crippen MR) is 101 cm³/mol. The average molecular weight is 370 g/mol. The molecule has 0 bridgehead atoms. The topological polar surface area (TPSA) is 81.7 Å². The molecule has 2 aliphatic rings. The number of H-pyrrole nitrogens is 1. The lowest BCUT2D eigenvalue weighted by molar-refractivity contribution is -0.0232. The molecule has 7 nitrogen and oxygen atoms in total. The van der Waals surface area contributed by atoms with Gasteiger partial charge in [-0.15, -0.1) is 0 Å². The molecule has 1 aliphatic heterocycles. The van der Waals surface area contributed by atoms with Gasteiger partial charge in [0.15, 0.2) is 0 Å². The Morgan fingerprint density at radius 1 is 1.26 bits per heavy atom. The number of ether oxygens (including phenoxy) is 1. The van der Waals surface area contributed by atoms with Crippen LogP contribution in [0.3, 0.4) is 0 Å². The number of hydrogen-bond acceptors (Lipinski definition) is 5. The van der Waals surface area contributed by atoms with Gasteiger partial charge in [-0.05, 0) is 18.9 Å². The first-order valence-electron chi connectivity index (χ1n) is 9.53. The third kappa shape index (κ3) is 3.63. The third-order valence-corrected chi connectivity index (χ3v) is 5.76. The number of carbonyl (C=O) groups is 1. The highest BCUT2D eigenvalue weighted by atomic mass is 16.5. The molecule has 1 aromatic carbocycles. The number of aliphatic hydroxyl groups is 1. The molecule has 1 aliphatic carbocycles. The summed E-state index contributed by atoms with van der Waals surface area (Å²) >= 11 is 0. The lowest BCUT2D eigenvalue weighted by atomic mass is 10.1. The monoisotopic (exact) mass is 370 g/mol. The first-order valence-corrected chi connectivity index (χ1v) is 9.53. The molecule has 3 atom stereocenters. The van der Waals surface area contributed by atoms with Gasteiger partial charge in [0.1, 0.15) is 5.69 Å². The van der Waals surface area contributed by atoms with E-state index < -0.39 is 6.10 Å². The van der Waals surface area contributed by atoms with Gasteiger partial charge in [0, 0.05) is 31.7 Å². The fourth-order valence-corrected chi connectivity index (χ4v) is 4.20. The first-order chi connectivity index (χ1) is 13.1. The van der Waals surface area contributed by atoms with Crippen LogP contribution in [0.2, 0.25) is 0 Å². The maximum Gasteiger partial charge on any atom is 0.271 e. The number of aromatic amines is 1. The highest BCUT2D eigenvalue weighted by Gasteiger charge is 2.42. The van der Waals surface area contributed by atoms with E-state index in [1.54, 1.807) is 18.0 Å². The minimum Gasteiger partial charge on any atom is -0.389 e. The van der Waals surface area contributed by atoms with Crippen molar-refractivity contribution in [3.63, 3.8) is 0 Å². The van der Waals surface area contributed by atoms with Crippen LogP contribution in [0.15, 0.2) is 36.4 Å². The Kier molecular flexibility index (Phi) is 5.24. The minimum atomic E-state index is -0.548. The molecule has 2 fully saturated rings. The summed E-state index contributed by atoms with van der Waals surface area (Å²) in [6.07, 6.45) is 1.14. The zero-order chi connectivity index (χ0) is 18.8. The molecule has 0 radical (unpaired) electrons. The summed E-state index contributed by atoms with van der Waals surface area (Å²) < 4.78 is 5.40. The second-order valence-corrected chi connectivity index (χ2v) is 7.30. The van der Waals surface area contributed by atoms with E-state index in [9.17, 15) is 9.90 Å². The van der Waals surface area contributed by atoms with Gasteiger partial charge in [0.25, 0.3) is 5.91 Å². The lowest BCUT2D eigenvalue weighted by Crippen LogP contribution is -2.51. The number of likely N-dealkylation sites (N-methyl/N-ethyl adjacent to an activating group) is 1. The van der Waals surface area contributed by atoms with Crippen molar-refractivity contribution in [3.05, 3.63) is 42.1 Å². The van der Waals surface area contributed by atoms with Gasteiger partial charge in [-0.1, -0.05) is 30.3 Å². The SMILES string of the molecule is CN(C(=O)c1cc(-c2ccccc2)n[nH]1)[C@@H]1CC[C@@H](N2CCOCC2)[C@@H]1O. The number of nitrogens with one attached hydrogen (secondary N) is 1. The largest absolute Gasteiger partial charge is 0.389 e. The van der Waals surface area contributed by atoms with Crippen molar-refractivity contribution >= 4 is 5.91 Å². The summed E-state index contributed by atoms with van der Waals surface area (Å²) in [5.74, 6) is -0.142. The van der Waals surface area contributed by atoms with E-state index in [0.29, 0.717) is 18.9 Å². The van der Waals surface area contributed by atoms with E-state index in [0.717, 1.165) is 37.2 Å². The van der Waals surface area contributed by atoms with E-state index in [-0.39, 0.29) is 18.0 Å². The summed E-state index contributed by atoms with van der Waals surface area (Å²) in [4.78, 5) is 16.9. The first kappa shape index (κ1) is 18.2. The molecule has 1 saturated heterocycles. The Hall–Kier alpha value is -2.22. The number of hydrogen-bond donors (Lipinski definition) is 2. The Morgan fingerprint density at radius 2 is 2.00 bits per heavy atom. The molecule has 27 heavy (non-hydrogen) atoms. The van der Waals surface area contributed by atoms with E-state index >= 15 is 0 Å². The Labute approximate surface area is 158 Å². The maximum absolute atomic E-state index is 12.9. The number of aliphatic hydroxyl groups excluding tert-OH is 1. The van der Waals surface area contributed by atoms with E-state index in [1.807, 2.05) is 30.3 Å². The second kappa shape index (κ2) is 7.80. The highest BCUT2D eigenvalue weighted by molar-refractivity contribution is 5.93. The molecule has 2 N–H and O–H groups in total. The molecule has 2 heterocycles. The van der Waals surface area contributed by atoms with Gasteiger partial charge in [-0.25, -0.2) is 0 Å². The van der Waals surface area contributed by atoms with Crippen LogP contribution in [-0.2, 0) is 4.74 Å². The summed E-state index contributed by atoms with van der Waals surface area (Å²) in [6, 6.07) is 11.4. The molecule has 144 valence electrons. The number of carbonyl (C=O) groups excluding carboxylic acids is 1. The second-order valence-electron chi connectivity index (χ2n) is 7.30. The van der Waals surface area contributed by atoms with Gasteiger partial charge < -0.3 is 14.7 Å². The van der Waals surface area contributed by atoms with Crippen molar-refractivity contribution < 1.29 is 14.6 Å². The van der Waals surface area contributed by atoms with Crippen LogP contribution < -0.4 is 0 Å². The van der Waals surface area contributed by atoms with Crippen LogP contribution in [-0.4, -0.2) is 82.5 Å². The lowest BCUT2D eigenvalue weighted by Gasteiger charge is -2.36. The predicted octanol–water partition coefficient (Wildman–Crippen LogP) is 1.37. The van der Waals surface area contributed by atoms with E-state index in [2.05, 4.69) is 15.1 Å². The van der Waals surface area contributed by atoms with Crippen LogP contribution in [0.1, 0.15) is 23.3 Å². The summed E-state index contributed by atoms with van der Waals surface area (Å²) in [7, 11) is 1.76. The number of benzene rings is 1. The van der Waals surface area contributed by atoms with Crippen LogP contribution in [0.25, 0.3) is 11.3 Å². The van der Waals surface area contributed by atoms with Crippen molar-refractivity contribution in [1.82, 2.24) is 20.0 Å². The number of morpholine rings is 1. The maximum atomic E-state index is 12.9.